The van der Waals surface area contributed by atoms with Crippen LogP contribution in [0.1, 0.15) is 23.6 Å². The first-order valence-electron chi connectivity index (χ1n) is 7.58. The van der Waals surface area contributed by atoms with Crippen LogP contribution in [0.15, 0.2) is 78.9 Å². The third-order valence-corrected chi connectivity index (χ3v) is 3.94. The minimum Gasteiger partial charge on any atom is -0.0622 e. The van der Waals surface area contributed by atoms with Gasteiger partial charge in [-0.1, -0.05) is 85.8 Å². The van der Waals surface area contributed by atoms with Gasteiger partial charge < -0.3 is 0 Å². The number of aryl methyl sites for hydroxylation is 1. The molecule has 0 N–H and O–H groups in total. The van der Waals surface area contributed by atoms with Gasteiger partial charge in [-0.05, 0) is 40.7 Å². The fraction of sp³-hybridized carbons (Fsp3) is 0.143. The molecule has 3 aromatic carbocycles. The highest BCUT2D eigenvalue weighted by Crippen LogP contribution is 2.28. The van der Waals surface area contributed by atoms with Crippen molar-refractivity contribution in [3.05, 3.63) is 95.6 Å². The summed E-state index contributed by atoms with van der Waals surface area (Å²) in [5.41, 5.74) is 6.90. The second-order valence-electron chi connectivity index (χ2n) is 5.33. The Morgan fingerprint density at radius 1 is 0.571 bits per heavy atom. The van der Waals surface area contributed by atoms with Crippen molar-refractivity contribution in [3.8, 4) is 11.1 Å². The largest absolute Gasteiger partial charge is 0.0622 e. The van der Waals surface area contributed by atoms with Gasteiger partial charge in [0.05, 0.1) is 0 Å². The van der Waals surface area contributed by atoms with E-state index in [0.29, 0.717) is 0 Å². The van der Waals surface area contributed by atoms with E-state index in [2.05, 4.69) is 85.8 Å². The fourth-order valence-electron chi connectivity index (χ4n) is 2.84. The van der Waals surface area contributed by atoms with E-state index in [0.717, 1.165) is 12.8 Å². The van der Waals surface area contributed by atoms with Gasteiger partial charge in [-0.15, -0.1) is 0 Å². The van der Waals surface area contributed by atoms with Gasteiger partial charge in [-0.3, -0.25) is 0 Å². The van der Waals surface area contributed by atoms with E-state index in [9.17, 15) is 0 Å². The number of hydrogen-bond donors (Lipinski definition) is 0. The van der Waals surface area contributed by atoms with E-state index in [4.69, 9.17) is 0 Å². The van der Waals surface area contributed by atoms with Gasteiger partial charge in [-0.25, -0.2) is 0 Å². The molecular formula is C21H20. The minimum atomic E-state index is 0.981. The van der Waals surface area contributed by atoms with E-state index in [-0.39, 0.29) is 0 Å². The van der Waals surface area contributed by atoms with Crippen molar-refractivity contribution in [2.24, 2.45) is 0 Å². The Bertz CT molecular complexity index is 711. The first kappa shape index (κ1) is 13.6. The molecule has 0 spiro atoms. The molecule has 3 aromatic rings. The molecule has 21 heavy (non-hydrogen) atoms. The van der Waals surface area contributed by atoms with Crippen LogP contribution in [-0.4, -0.2) is 0 Å². The molecule has 0 atom stereocenters. The lowest BCUT2D eigenvalue weighted by Gasteiger charge is -2.13. The Balaban J connectivity index is 2.04. The summed E-state index contributed by atoms with van der Waals surface area (Å²) in [4.78, 5) is 0. The highest BCUT2D eigenvalue weighted by Gasteiger charge is 2.08. The summed E-state index contributed by atoms with van der Waals surface area (Å²) in [6.45, 7) is 2.22. The van der Waals surface area contributed by atoms with E-state index in [1.165, 1.54) is 27.8 Å². The summed E-state index contributed by atoms with van der Waals surface area (Å²) in [5.74, 6) is 0. The smallest absolute Gasteiger partial charge is 0.00196 e. The highest BCUT2D eigenvalue weighted by molar-refractivity contribution is 5.71. The predicted octanol–water partition coefficient (Wildman–Crippen LogP) is 5.51. The Morgan fingerprint density at radius 3 is 1.76 bits per heavy atom. The quantitative estimate of drug-likeness (QED) is 0.587. The molecule has 0 aliphatic rings. The van der Waals surface area contributed by atoms with Crippen molar-refractivity contribution in [1.82, 2.24) is 0 Å². The summed E-state index contributed by atoms with van der Waals surface area (Å²) in [5, 5.41) is 0. The zero-order valence-corrected chi connectivity index (χ0v) is 12.4. The lowest BCUT2D eigenvalue weighted by molar-refractivity contribution is 1.13. The molecule has 0 aliphatic heterocycles. The maximum atomic E-state index is 2.24. The normalized spacial score (nSPS) is 10.5. The molecule has 0 nitrogen and oxygen atoms in total. The molecule has 104 valence electrons. The summed E-state index contributed by atoms with van der Waals surface area (Å²) in [7, 11) is 0. The van der Waals surface area contributed by atoms with Crippen LogP contribution in [0.5, 0.6) is 0 Å². The van der Waals surface area contributed by atoms with E-state index >= 15 is 0 Å². The maximum Gasteiger partial charge on any atom is -0.00196 e. The fourth-order valence-corrected chi connectivity index (χ4v) is 2.84. The average Bonchev–Trinajstić information content (AvgIpc) is 2.56. The number of hydrogen-bond acceptors (Lipinski definition) is 0. The zero-order valence-electron chi connectivity index (χ0n) is 12.4. The van der Waals surface area contributed by atoms with Crippen molar-refractivity contribution in [3.63, 3.8) is 0 Å². The first-order valence-corrected chi connectivity index (χ1v) is 7.58. The van der Waals surface area contributed by atoms with Gasteiger partial charge in [0.25, 0.3) is 0 Å². The molecule has 0 bridgehead atoms. The summed E-state index contributed by atoms with van der Waals surface area (Å²) < 4.78 is 0. The number of rotatable bonds is 4. The molecule has 0 unspecified atom stereocenters. The Labute approximate surface area is 127 Å². The van der Waals surface area contributed by atoms with E-state index < -0.39 is 0 Å². The maximum absolute atomic E-state index is 2.24. The van der Waals surface area contributed by atoms with Crippen LogP contribution in [0.3, 0.4) is 0 Å². The molecule has 0 saturated heterocycles. The molecule has 0 amide bonds. The molecule has 0 aromatic heterocycles. The van der Waals surface area contributed by atoms with Gasteiger partial charge in [0, 0.05) is 0 Å². The van der Waals surface area contributed by atoms with Gasteiger partial charge in [0.2, 0.25) is 0 Å². The molecule has 3 rings (SSSR count). The Hall–Kier alpha value is -2.34. The monoisotopic (exact) mass is 272 g/mol. The molecular weight excluding hydrogens is 252 g/mol. The molecule has 0 heteroatoms. The van der Waals surface area contributed by atoms with E-state index in [1.807, 2.05) is 0 Å². The molecule has 0 heterocycles. The minimum absolute atomic E-state index is 0.981. The summed E-state index contributed by atoms with van der Waals surface area (Å²) in [6.07, 6.45) is 2.05. The Morgan fingerprint density at radius 2 is 1.10 bits per heavy atom. The van der Waals surface area contributed by atoms with Crippen LogP contribution < -0.4 is 0 Å². The molecule has 0 radical (unpaired) electrons. The van der Waals surface area contributed by atoms with Gasteiger partial charge in [-0.2, -0.15) is 0 Å². The summed E-state index contributed by atoms with van der Waals surface area (Å²) >= 11 is 0. The van der Waals surface area contributed by atoms with Gasteiger partial charge in [0.1, 0.15) is 0 Å². The topological polar surface area (TPSA) is 0 Å². The SMILES string of the molecule is CCc1ccccc1-c1ccccc1Cc1ccccc1. The van der Waals surface area contributed by atoms with Crippen molar-refractivity contribution in [2.45, 2.75) is 19.8 Å². The highest BCUT2D eigenvalue weighted by atomic mass is 14.1. The first-order chi connectivity index (χ1) is 10.4. The van der Waals surface area contributed by atoms with Crippen LogP contribution in [0, 0.1) is 0 Å². The second-order valence-corrected chi connectivity index (χ2v) is 5.33. The van der Waals surface area contributed by atoms with Crippen LogP contribution in [0.25, 0.3) is 11.1 Å². The van der Waals surface area contributed by atoms with Crippen LogP contribution in [-0.2, 0) is 12.8 Å². The lowest BCUT2D eigenvalue weighted by Crippen LogP contribution is -1.94. The van der Waals surface area contributed by atoms with Crippen LogP contribution in [0.2, 0.25) is 0 Å². The molecule has 0 aliphatic carbocycles. The standard InChI is InChI=1S/C21H20/c1-2-18-12-6-8-14-20(18)21-15-9-7-13-19(21)16-17-10-4-3-5-11-17/h3-15H,2,16H2,1H3. The lowest BCUT2D eigenvalue weighted by atomic mass is 9.91. The summed E-state index contributed by atoms with van der Waals surface area (Å²) in [6, 6.07) is 28.2. The molecule has 0 saturated carbocycles. The predicted molar refractivity (Wildman–Crippen MR) is 90.5 cm³/mol. The van der Waals surface area contributed by atoms with Crippen LogP contribution in [0.4, 0.5) is 0 Å². The molecule has 0 fully saturated rings. The third kappa shape index (κ3) is 3.05. The Kier molecular flexibility index (Phi) is 4.16. The van der Waals surface area contributed by atoms with Crippen molar-refractivity contribution < 1.29 is 0 Å². The van der Waals surface area contributed by atoms with Crippen molar-refractivity contribution in [2.75, 3.05) is 0 Å². The van der Waals surface area contributed by atoms with Crippen LogP contribution >= 0.6 is 0 Å². The third-order valence-electron chi connectivity index (χ3n) is 3.94. The van der Waals surface area contributed by atoms with Gasteiger partial charge in [0.15, 0.2) is 0 Å². The number of benzene rings is 3. The van der Waals surface area contributed by atoms with E-state index in [1.54, 1.807) is 0 Å². The average molecular weight is 272 g/mol. The zero-order chi connectivity index (χ0) is 14.5. The van der Waals surface area contributed by atoms with Crippen molar-refractivity contribution >= 4 is 0 Å². The second kappa shape index (κ2) is 6.41. The van der Waals surface area contributed by atoms with Gasteiger partial charge >= 0.3 is 0 Å². The van der Waals surface area contributed by atoms with Crippen molar-refractivity contribution in [1.29, 1.82) is 0 Å².